The minimum absolute atomic E-state index is 0.0346. The average molecular weight is 564 g/mol. The lowest BCUT2D eigenvalue weighted by Crippen LogP contribution is -2.44. The lowest BCUT2D eigenvalue weighted by molar-refractivity contribution is -0.138. The van der Waals surface area contributed by atoms with Gasteiger partial charge in [0.1, 0.15) is 0 Å². The van der Waals surface area contributed by atoms with E-state index < -0.39 is 11.7 Å². The van der Waals surface area contributed by atoms with Crippen LogP contribution in [-0.4, -0.2) is 54.4 Å². The number of nitrogens with zero attached hydrogens (tertiary/aromatic N) is 5. The highest BCUT2D eigenvalue weighted by atomic mass is 79.9. The van der Waals surface area contributed by atoms with E-state index in [-0.39, 0.29) is 17.9 Å². The molecular weight excluding hydrogens is 543 g/mol. The summed E-state index contributed by atoms with van der Waals surface area (Å²) >= 11 is 4.45. The number of aromatic hydroxyl groups is 1. The number of aromatic nitrogens is 1. The lowest BCUT2D eigenvalue weighted by atomic mass is 9.96. The van der Waals surface area contributed by atoms with E-state index in [9.17, 15) is 18.3 Å². The Balaban J connectivity index is 1.65. The second-order valence-electron chi connectivity index (χ2n) is 8.51. The van der Waals surface area contributed by atoms with Gasteiger partial charge in [-0.3, -0.25) is 0 Å². The van der Waals surface area contributed by atoms with Crippen LogP contribution in [0.1, 0.15) is 21.6 Å². The molecule has 5 rings (SSSR count). The SMILES string of the molecule is CN1CCN(c2nc(O)c(C(Cc3ccc(Br)cc3C(F)(F)F)=c3ccc4c(c3)C=NN=4)s2)CC1. The molecule has 182 valence electrons. The molecule has 3 heterocycles. The van der Waals surface area contributed by atoms with Crippen LogP contribution in [0.4, 0.5) is 18.3 Å². The first-order chi connectivity index (χ1) is 16.7. The van der Waals surface area contributed by atoms with E-state index in [0.29, 0.717) is 30.6 Å². The Morgan fingerprint density at radius 3 is 2.63 bits per heavy atom. The molecule has 6 nitrogen and oxygen atoms in total. The van der Waals surface area contributed by atoms with Crippen molar-refractivity contribution in [1.29, 1.82) is 0 Å². The van der Waals surface area contributed by atoms with E-state index in [1.807, 2.05) is 13.1 Å². The molecule has 0 saturated carbocycles. The zero-order chi connectivity index (χ0) is 24.7. The van der Waals surface area contributed by atoms with Gasteiger partial charge in [-0.1, -0.05) is 39.4 Å². The zero-order valence-corrected chi connectivity index (χ0v) is 21.1. The molecule has 3 aromatic rings. The minimum Gasteiger partial charge on any atom is -0.492 e. The number of piperazine rings is 1. The Hall–Kier alpha value is -2.76. The Morgan fingerprint density at radius 2 is 1.89 bits per heavy atom. The molecule has 0 bridgehead atoms. The second kappa shape index (κ2) is 9.36. The van der Waals surface area contributed by atoms with E-state index in [1.54, 1.807) is 24.4 Å². The molecular formula is C24H21BrF3N5OS. The number of rotatable bonds is 4. The Labute approximate surface area is 211 Å². The number of fused-ring (bicyclic) bond motifs is 1. The number of hydrogen-bond acceptors (Lipinski definition) is 7. The molecule has 35 heavy (non-hydrogen) atoms. The van der Waals surface area contributed by atoms with Crippen molar-refractivity contribution in [3.63, 3.8) is 0 Å². The summed E-state index contributed by atoms with van der Waals surface area (Å²) in [7, 11) is 2.05. The van der Waals surface area contributed by atoms with Gasteiger partial charge in [-0.25, -0.2) is 0 Å². The highest BCUT2D eigenvalue weighted by molar-refractivity contribution is 9.10. The standard InChI is InChI=1S/C24H21BrF3N5OS/c1-32-6-8-33(9-7-32)23-30-22(34)21(35-23)18(14-3-5-20-16(10-14)13-29-31-20)11-15-2-4-17(25)12-19(15)24(26,27)28/h2-5,10,12-13,34H,6-9,11H2,1H3. The number of alkyl halides is 3. The fraction of sp³-hybridized carbons (Fsp3) is 0.292. The van der Waals surface area contributed by atoms with Gasteiger partial charge < -0.3 is 14.9 Å². The van der Waals surface area contributed by atoms with Crippen LogP contribution in [0.15, 0.2) is 51.1 Å². The number of anilines is 1. The van der Waals surface area contributed by atoms with Crippen LogP contribution in [0.3, 0.4) is 0 Å². The van der Waals surface area contributed by atoms with E-state index >= 15 is 0 Å². The molecule has 1 fully saturated rings. The van der Waals surface area contributed by atoms with Gasteiger partial charge in [-0.15, -0.1) is 0 Å². The van der Waals surface area contributed by atoms with E-state index in [2.05, 4.69) is 40.9 Å². The summed E-state index contributed by atoms with van der Waals surface area (Å²) in [5, 5.41) is 20.9. The molecule has 0 radical (unpaired) electrons. The summed E-state index contributed by atoms with van der Waals surface area (Å²) in [5.41, 5.74) is 0.736. The lowest BCUT2D eigenvalue weighted by Gasteiger charge is -2.31. The third-order valence-corrected chi connectivity index (χ3v) is 7.79. The summed E-state index contributed by atoms with van der Waals surface area (Å²) in [6.45, 7) is 3.27. The van der Waals surface area contributed by atoms with Crippen LogP contribution >= 0.6 is 27.3 Å². The van der Waals surface area contributed by atoms with Crippen LogP contribution in [0.2, 0.25) is 0 Å². The van der Waals surface area contributed by atoms with Crippen molar-refractivity contribution in [1.82, 2.24) is 9.88 Å². The predicted molar refractivity (Wildman–Crippen MR) is 134 cm³/mol. The first-order valence-corrected chi connectivity index (χ1v) is 12.5. The first kappa shape index (κ1) is 24.0. The second-order valence-corrected chi connectivity index (χ2v) is 10.4. The Bertz CT molecular complexity index is 1430. The molecule has 1 N–H and O–H groups in total. The van der Waals surface area contributed by atoms with E-state index in [4.69, 9.17) is 0 Å². The Kier molecular flexibility index (Phi) is 6.41. The minimum atomic E-state index is -4.52. The molecule has 1 aromatic heterocycles. The molecule has 0 aliphatic carbocycles. The van der Waals surface area contributed by atoms with Gasteiger partial charge in [-0.05, 0) is 47.7 Å². The fourth-order valence-electron chi connectivity index (χ4n) is 4.19. The van der Waals surface area contributed by atoms with Crippen molar-refractivity contribution in [2.45, 2.75) is 12.6 Å². The molecule has 11 heteroatoms. The van der Waals surface area contributed by atoms with Gasteiger partial charge in [0, 0.05) is 42.6 Å². The molecule has 2 aliphatic rings. The van der Waals surface area contributed by atoms with Gasteiger partial charge >= 0.3 is 6.18 Å². The number of halogens is 4. The summed E-state index contributed by atoms with van der Waals surface area (Å²) in [4.78, 5) is 9.16. The Morgan fingerprint density at radius 1 is 1.11 bits per heavy atom. The summed E-state index contributed by atoms with van der Waals surface area (Å²) < 4.78 is 42.0. The van der Waals surface area contributed by atoms with Crippen molar-refractivity contribution in [3.8, 4) is 5.88 Å². The monoisotopic (exact) mass is 563 g/mol. The summed E-state index contributed by atoms with van der Waals surface area (Å²) in [6, 6.07) is 9.57. The van der Waals surface area contributed by atoms with E-state index in [0.717, 1.165) is 37.8 Å². The van der Waals surface area contributed by atoms with E-state index in [1.165, 1.54) is 17.4 Å². The summed E-state index contributed by atoms with van der Waals surface area (Å²) in [6.07, 6.45) is -2.94. The first-order valence-electron chi connectivity index (χ1n) is 10.9. The van der Waals surface area contributed by atoms with Gasteiger partial charge in [-0.2, -0.15) is 28.4 Å². The number of thiazole rings is 1. The molecule has 0 atom stereocenters. The third-order valence-electron chi connectivity index (χ3n) is 6.13. The highest BCUT2D eigenvalue weighted by Gasteiger charge is 2.34. The third kappa shape index (κ3) is 4.98. The van der Waals surface area contributed by atoms with Crippen LogP contribution < -0.4 is 15.5 Å². The topological polar surface area (TPSA) is 64.3 Å². The summed E-state index contributed by atoms with van der Waals surface area (Å²) in [5.74, 6) is -0.177. The quantitative estimate of drug-likeness (QED) is 0.524. The van der Waals surface area contributed by atoms with Crippen molar-refractivity contribution < 1.29 is 18.3 Å². The molecule has 1 saturated heterocycles. The molecule has 0 unspecified atom stereocenters. The van der Waals surface area contributed by atoms with Crippen molar-refractivity contribution >= 4 is 44.2 Å². The molecule has 2 aromatic carbocycles. The zero-order valence-electron chi connectivity index (χ0n) is 18.7. The van der Waals surface area contributed by atoms with Crippen LogP contribution in [0, 0.1) is 0 Å². The van der Waals surface area contributed by atoms with Crippen molar-refractivity contribution in [3.05, 3.63) is 73.0 Å². The average Bonchev–Trinajstić information content (AvgIpc) is 3.44. The maximum absolute atomic E-state index is 13.9. The normalized spacial score (nSPS) is 16.9. The smallest absolute Gasteiger partial charge is 0.416 e. The number of likely N-dealkylation sites (N-methyl/N-ethyl adjacent to an activating group) is 1. The van der Waals surface area contributed by atoms with Crippen LogP contribution in [-0.2, 0) is 12.6 Å². The van der Waals surface area contributed by atoms with Gasteiger partial charge in [0.15, 0.2) is 5.13 Å². The largest absolute Gasteiger partial charge is 0.492 e. The predicted octanol–water partition coefficient (Wildman–Crippen LogP) is 3.79. The number of benzene rings is 2. The number of hydrogen-bond donors (Lipinski definition) is 1. The molecule has 2 aliphatic heterocycles. The van der Waals surface area contributed by atoms with Crippen LogP contribution in [0.25, 0.3) is 5.57 Å². The van der Waals surface area contributed by atoms with Gasteiger partial charge in [0.25, 0.3) is 0 Å². The maximum Gasteiger partial charge on any atom is 0.416 e. The maximum atomic E-state index is 13.9. The molecule has 0 amide bonds. The van der Waals surface area contributed by atoms with Gasteiger partial charge in [0.2, 0.25) is 5.88 Å². The van der Waals surface area contributed by atoms with Crippen molar-refractivity contribution in [2.24, 2.45) is 10.2 Å². The molecule has 0 spiro atoms. The van der Waals surface area contributed by atoms with Gasteiger partial charge in [0.05, 0.1) is 22.0 Å². The highest BCUT2D eigenvalue weighted by Crippen LogP contribution is 2.39. The van der Waals surface area contributed by atoms with Crippen molar-refractivity contribution in [2.75, 3.05) is 38.1 Å². The fourth-order valence-corrected chi connectivity index (χ4v) is 5.63. The van der Waals surface area contributed by atoms with Crippen LogP contribution in [0.5, 0.6) is 5.88 Å².